The Bertz CT molecular complexity index is 450. The molecule has 1 fully saturated rings. The largest absolute Gasteiger partial charge is 0.479 e. The first-order chi connectivity index (χ1) is 8.61. The van der Waals surface area contributed by atoms with Gasteiger partial charge in [0.1, 0.15) is 5.82 Å². The van der Waals surface area contributed by atoms with E-state index >= 15 is 0 Å². The van der Waals surface area contributed by atoms with Crippen LogP contribution in [0.2, 0.25) is 0 Å². The summed E-state index contributed by atoms with van der Waals surface area (Å²) in [6.45, 7) is 1.92. The van der Waals surface area contributed by atoms with Crippen LogP contribution in [-0.4, -0.2) is 49.6 Å². The number of carbonyl (C=O) groups is 1. The van der Waals surface area contributed by atoms with Crippen molar-refractivity contribution in [2.24, 2.45) is 0 Å². The molecule has 0 atom stereocenters. The molecule has 6 heteroatoms. The molecule has 0 spiro atoms. The second kappa shape index (κ2) is 5.12. The zero-order chi connectivity index (χ0) is 13.1. The normalized spacial score (nSPS) is 16.7. The molecule has 2 heterocycles. The highest BCUT2D eigenvalue weighted by Gasteiger charge is 2.20. The van der Waals surface area contributed by atoms with Gasteiger partial charge in [-0.3, -0.25) is 4.79 Å². The number of hydrogen-bond donors (Lipinski definition) is 1. The molecular weight excluding hydrogens is 232 g/mol. The summed E-state index contributed by atoms with van der Waals surface area (Å²) in [5, 5.41) is 0. The number of nitrogen functional groups attached to an aromatic ring is 1. The summed E-state index contributed by atoms with van der Waals surface area (Å²) in [5.41, 5.74) is 6.23. The van der Waals surface area contributed by atoms with Crippen molar-refractivity contribution in [3.8, 4) is 5.88 Å². The zero-order valence-electron chi connectivity index (χ0n) is 10.7. The quantitative estimate of drug-likeness (QED) is 0.819. The fourth-order valence-electron chi connectivity index (χ4n) is 1.96. The average molecular weight is 250 g/mol. The molecule has 6 nitrogen and oxygen atoms in total. The highest BCUT2D eigenvalue weighted by molar-refractivity contribution is 5.81. The van der Waals surface area contributed by atoms with Gasteiger partial charge >= 0.3 is 0 Å². The molecule has 0 aliphatic carbocycles. The number of pyridine rings is 1. The molecule has 0 saturated carbocycles. The van der Waals surface area contributed by atoms with Gasteiger partial charge in [-0.2, -0.15) is 4.98 Å². The number of rotatable bonds is 2. The maximum atomic E-state index is 11.8. The third-order valence-electron chi connectivity index (χ3n) is 3.07. The van der Waals surface area contributed by atoms with Crippen LogP contribution in [0, 0.1) is 0 Å². The summed E-state index contributed by atoms with van der Waals surface area (Å²) in [6.07, 6.45) is 0.927. The summed E-state index contributed by atoms with van der Waals surface area (Å²) in [7, 11) is 3.35. The third kappa shape index (κ3) is 2.47. The van der Waals surface area contributed by atoms with Crippen LogP contribution in [0.1, 0.15) is 6.42 Å². The van der Waals surface area contributed by atoms with Crippen LogP contribution in [0.3, 0.4) is 0 Å². The molecule has 2 rings (SSSR count). The first-order valence-electron chi connectivity index (χ1n) is 5.91. The van der Waals surface area contributed by atoms with Crippen LogP contribution in [0.25, 0.3) is 0 Å². The Morgan fingerprint density at radius 2 is 2.17 bits per heavy atom. The van der Waals surface area contributed by atoms with E-state index in [9.17, 15) is 4.79 Å². The molecule has 0 unspecified atom stereocenters. The van der Waals surface area contributed by atoms with Crippen LogP contribution in [0.4, 0.5) is 11.5 Å². The van der Waals surface area contributed by atoms with Gasteiger partial charge in [-0.05, 0) is 18.6 Å². The molecule has 98 valence electrons. The van der Waals surface area contributed by atoms with E-state index < -0.39 is 0 Å². The van der Waals surface area contributed by atoms with Crippen molar-refractivity contribution in [2.75, 3.05) is 44.4 Å². The first kappa shape index (κ1) is 12.5. The minimum absolute atomic E-state index is 0.102. The number of aromatic nitrogens is 1. The fourth-order valence-corrected chi connectivity index (χ4v) is 1.96. The van der Waals surface area contributed by atoms with Crippen molar-refractivity contribution in [2.45, 2.75) is 6.42 Å². The van der Waals surface area contributed by atoms with Gasteiger partial charge < -0.3 is 20.3 Å². The van der Waals surface area contributed by atoms with Gasteiger partial charge in [0, 0.05) is 20.1 Å². The molecule has 2 N–H and O–H groups in total. The van der Waals surface area contributed by atoms with Crippen LogP contribution in [0.5, 0.6) is 5.88 Å². The summed E-state index contributed by atoms with van der Waals surface area (Å²) < 4.78 is 5.10. The van der Waals surface area contributed by atoms with Crippen LogP contribution >= 0.6 is 0 Å². The zero-order valence-corrected chi connectivity index (χ0v) is 10.7. The number of carbonyl (C=O) groups excluding carboxylic acids is 1. The van der Waals surface area contributed by atoms with Gasteiger partial charge in [-0.25, -0.2) is 0 Å². The number of nitrogens with zero attached hydrogens (tertiary/aromatic N) is 3. The van der Waals surface area contributed by atoms with Crippen molar-refractivity contribution in [1.82, 2.24) is 9.88 Å². The predicted molar refractivity (Wildman–Crippen MR) is 69.7 cm³/mol. The Morgan fingerprint density at radius 3 is 2.89 bits per heavy atom. The minimum Gasteiger partial charge on any atom is -0.479 e. The number of hydrogen-bond acceptors (Lipinski definition) is 5. The number of likely N-dealkylation sites (N-methyl/N-ethyl adjacent to an activating group) is 1. The molecule has 1 aliphatic heterocycles. The number of anilines is 2. The van der Waals surface area contributed by atoms with E-state index in [1.807, 2.05) is 18.0 Å². The molecule has 1 amide bonds. The van der Waals surface area contributed by atoms with E-state index in [1.165, 1.54) is 7.11 Å². The molecule has 18 heavy (non-hydrogen) atoms. The van der Waals surface area contributed by atoms with E-state index in [1.54, 1.807) is 11.0 Å². The number of nitrogens with two attached hydrogens (primary N) is 1. The monoisotopic (exact) mass is 250 g/mol. The molecule has 1 saturated heterocycles. The van der Waals surface area contributed by atoms with Gasteiger partial charge in [-0.15, -0.1) is 0 Å². The van der Waals surface area contributed by atoms with E-state index in [2.05, 4.69) is 4.98 Å². The minimum atomic E-state index is 0.102. The lowest BCUT2D eigenvalue weighted by atomic mass is 10.3. The first-order valence-corrected chi connectivity index (χ1v) is 5.91. The fraction of sp³-hybridized carbons (Fsp3) is 0.500. The molecule has 1 aromatic rings. The lowest BCUT2D eigenvalue weighted by Gasteiger charge is -2.21. The van der Waals surface area contributed by atoms with Crippen molar-refractivity contribution in [3.63, 3.8) is 0 Å². The molecular formula is C12H18N4O2. The summed E-state index contributed by atoms with van der Waals surface area (Å²) in [6, 6.07) is 3.57. The maximum absolute atomic E-state index is 11.8. The van der Waals surface area contributed by atoms with Gasteiger partial charge in [0.2, 0.25) is 11.8 Å². The van der Waals surface area contributed by atoms with Gasteiger partial charge in [0.15, 0.2) is 0 Å². The van der Waals surface area contributed by atoms with Crippen molar-refractivity contribution >= 4 is 17.4 Å². The Labute approximate surface area is 106 Å². The van der Waals surface area contributed by atoms with Crippen molar-refractivity contribution < 1.29 is 9.53 Å². The summed E-state index contributed by atoms with van der Waals surface area (Å²) in [5.74, 6) is 1.23. The van der Waals surface area contributed by atoms with E-state index in [-0.39, 0.29) is 5.91 Å². The highest BCUT2D eigenvalue weighted by atomic mass is 16.5. The topological polar surface area (TPSA) is 71.7 Å². The van der Waals surface area contributed by atoms with E-state index in [0.717, 1.165) is 25.3 Å². The van der Waals surface area contributed by atoms with Crippen LogP contribution < -0.4 is 15.4 Å². The predicted octanol–water partition coefficient (Wildman–Crippen LogP) is 0.341. The highest BCUT2D eigenvalue weighted by Crippen LogP contribution is 2.23. The molecule has 1 aliphatic rings. The Hall–Kier alpha value is -1.98. The van der Waals surface area contributed by atoms with E-state index in [0.29, 0.717) is 18.1 Å². The average Bonchev–Trinajstić information content (AvgIpc) is 2.53. The molecule has 1 aromatic heterocycles. The Kier molecular flexibility index (Phi) is 3.55. The number of methoxy groups -OCH3 is 1. The smallest absolute Gasteiger partial charge is 0.241 e. The van der Waals surface area contributed by atoms with Crippen molar-refractivity contribution in [1.29, 1.82) is 0 Å². The lowest BCUT2D eigenvalue weighted by molar-refractivity contribution is -0.127. The van der Waals surface area contributed by atoms with Gasteiger partial charge in [0.25, 0.3) is 0 Å². The number of amides is 1. The molecule has 0 bridgehead atoms. The number of ether oxygens (including phenoxy) is 1. The van der Waals surface area contributed by atoms with Crippen molar-refractivity contribution in [3.05, 3.63) is 12.1 Å². The SMILES string of the molecule is COc1nc(N2CCCN(C)C(=O)C2)ccc1N. The van der Waals surface area contributed by atoms with Gasteiger partial charge in [0.05, 0.1) is 19.3 Å². The Balaban J connectivity index is 2.22. The summed E-state index contributed by atoms with van der Waals surface area (Å²) >= 11 is 0. The Morgan fingerprint density at radius 1 is 1.39 bits per heavy atom. The third-order valence-corrected chi connectivity index (χ3v) is 3.07. The second-order valence-corrected chi connectivity index (χ2v) is 4.36. The summed E-state index contributed by atoms with van der Waals surface area (Å²) in [4.78, 5) is 19.8. The second-order valence-electron chi connectivity index (χ2n) is 4.36. The standard InChI is InChI=1S/C12H18N4O2/c1-15-6-3-7-16(8-11(15)17)10-5-4-9(13)12(14-10)18-2/h4-5H,3,6-8,13H2,1-2H3. The molecule has 0 aromatic carbocycles. The molecule has 0 radical (unpaired) electrons. The maximum Gasteiger partial charge on any atom is 0.241 e. The van der Waals surface area contributed by atoms with Crippen LogP contribution in [0.15, 0.2) is 12.1 Å². The lowest BCUT2D eigenvalue weighted by Crippen LogP contribution is -2.34. The van der Waals surface area contributed by atoms with Crippen LogP contribution in [-0.2, 0) is 4.79 Å². The van der Waals surface area contributed by atoms with Gasteiger partial charge in [-0.1, -0.05) is 0 Å². The van der Waals surface area contributed by atoms with E-state index in [4.69, 9.17) is 10.5 Å².